The second-order valence-corrected chi connectivity index (χ2v) is 11.7. The summed E-state index contributed by atoms with van der Waals surface area (Å²) in [4.78, 5) is 0. The monoisotopic (exact) mass is 260 g/mol. The Morgan fingerprint density at radius 1 is 0.812 bits per heavy atom. The van der Waals surface area contributed by atoms with Crippen molar-refractivity contribution < 1.29 is 0 Å². The molecule has 0 aromatic carbocycles. The normalized spacial score (nSPS) is 12.5. The molecule has 0 saturated carbocycles. The van der Waals surface area contributed by atoms with Crippen molar-refractivity contribution in [2.24, 2.45) is 0 Å². The lowest BCUT2D eigenvalue weighted by Gasteiger charge is -2.11. The zero-order valence-electron chi connectivity index (χ0n) is 11.4. The first-order chi connectivity index (χ1) is 7.56. The molecule has 0 aliphatic carbocycles. The van der Waals surface area contributed by atoms with E-state index in [1.165, 1.54) is 51.0 Å². The summed E-state index contributed by atoms with van der Waals surface area (Å²) >= 11 is 5.63. The molecule has 0 radical (unpaired) electrons. The number of rotatable bonds is 10. The van der Waals surface area contributed by atoms with Crippen molar-refractivity contribution in [2.75, 3.05) is 5.88 Å². The molecule has 0 rings (SSSR count). The van der Waals surface area contributed by atoms with E-state index >= 15 is 0 Å². The minimum atomic E-state index is -0.847. The van der Waals surface area contributed by atoms with Crippen LogP contribution >= 0.6 is 11.6 Å². The Labute approximate surface area is 108 Å². The van der Waals surface area contributed by atoms with Gasteiger partial charge >= 0.3 is 0 Å². The molecule has 2 heteroatoms. The predicted octanol–water partition coefficient (Wildman–Crippen LogP) is 5.85. The second-order valence-electron chi connectivity index (χ2n) is 5.84. The van der Waals surface area contributed by atoms with E-state index < -0.39 is 8.07 Å². The number of allylic oxidation sites excluding steroid dienone is 2. The minimum Gasteiger partial charge on any atom is -0.127 e. The molecule has 0 atom stereocenters. The molecule has 0 fully saturated rings. The maximum atomic E-state index is 5.63. The summed E-state index contributed by atoms with van der Waals surface area (Å²) in [6.07, 6.45) is 14.1. The van der Waals surface area contributed by atoms with E-state index in [4.69, 9.17) is 11.6 Å². The van der Waals surface area contributed by atoms with Crippen LogP contribution in [0.5, 0.6) is 0 Å². The molecular weight excluding hydrogens is 232 g/mol. The SMILES string of the molecule is C[Si](C)(C)C/C=C/CCCCCCCCCl. The Morgan fingerprint density at radius 3 is 1.94 bits per heavy atom. The van der Waals surface area contributed by atoms with Crippen LogP contribution in [0.1, 0.15) is 44.9 Å². The van der Waals surface area contributed by atoms with Gasteiger partial charge in [0.05, 0.1) is 0 Å². The lowest BCUT2D eigenvalue weighted by molar-refractivity contribution is 0.612. The zero-order valence-corrected chi connectivity index (χ0v) is 13.2. The second kappa shape index (κ2) is 10.4. The molecule has 96 valence electrons. The predicted molar refractivity (Wildman–Crippen MR) is 80.3 cm³/mol. The summed E-state index contributed by atoms with van der Waals surface area (Å²) in [6, 6.07) is 1.34. The van der Waals surface area contributed by atoms with Crippen molar-refractivity contribution in [1.82, 2.24) is 0 Å². The molecule has 0 heterocycles. The van der Waals surface area contributed by atoms with Crippen molar-refractivity contribution in [3.8, 4) is 0 Å². The Bertz CT molecular complexity index is 170. The van der Waals surface area contributed by atoms with Gasteiger partial charge in [0.1, 0.15) is 0 Å². The van der Waals surface area contributed by atoms with Crippen LogP contribution < -0.4 is 0 Å². The van der Waals surface area contributed by atoms with Crippen molar-refractivity contribution in [3.05, 3.63) is 12.2 Å². The Balaban J connectivity index is 3.15. The molecule has 16 heavy (non-hydrogen) atoms. The molecule has 0 nitrogen and oxygen atoms in total. The fourth-order valence-corrected chi connectivity index (χ4v) is 2.68. The van der Waals surface area contributed by atoms with Gasteiger partial charge in [0.15, 0.2) is 0 Å². The van der Waals surface area contributed by atoms with Crippen molar-refractivity contribution in [2.45, 2.75) is 70.6 Å². The molecule has 0 spiro atoms. The van der Waals surface area contributed by atoms with Crippen molar-refractivity contribution in [1.29, 1.82) is 0 Å². The highest BCUT2D eigenvalue weighted by atomic mass is 35.5. The number of hydrogen-bond donors (Lipinski definition) is 0. The lowest BCUT2D eigenvalue weighted by Crippen LogP contribution is -2.17. The first-order valence-corrected chi connectivity index (χ1v) is 11.0. The highest BCUT2D eigenvalue weighted by Crippen LogP contribution is 2.11. The smallest absolute Gasteiger partial charge is 0.0480 e. The molecule has 0 aliphatic rings. The average Bonchev–Trinajstić information content (AvgIpc) is 2.19. The highest BCUT2D eigenvalue weighted by molar-refractivity contribution is 6.76. The van der Waals surface area contributed by atoms with E-state index in [0.717, 1.165) is 5.88 Å². The van der Waals surface area contributed by atoms with Gasteiger partial charge in [-0.3, -0.25) is 0 Å². The van der Waals surface area contributed by atoms with Crippen LogP contribution in [0.3, 0.4) is 0 Å². The van der Waals surface area contributed by atoms with Gasteiger partial charge in [0.2, 0.25) is 0 Å². The fourth-order valence-electron chi connectivity index (χ4n) is 1.62. The quantitative estimate of drug-likeness (QED) is 0.200. The number of alkyl halides is 1. The maximum Gasteiger partial charge on any atom is 0.0480 e. The van der Waals surface area contributed by atoms with Crippen molar-refractivity contribution >= 4 is 19.7 Å². The van der Waals surface area contributed by atoms with Gasteiger partial charge in [-0.25, -0.2) is 0 Å². The van der Waals surface area contributed by atoms with Crippen LogP contribution in [-0.4, -0.2) is 14.0 Å². The molecular formula is C14H29ClSi. The first-order valence-electron chi connectivity index (χ1n) is 6.77. The first kappa shape index (κ1) is 16.2. The summed E-state index contributed by atoms with van der Waals surface area (Å²) in [7, 11) is -0.847. The summed E-state index contributed by atoms with van der Waals surface area (Å²) < 4.78 is 0. The minimum absolute atomic E-state index is 0.833. The summed E-state index contributed by atoms with van der Waals surface area (Å²) in [5.74, 6) is 0.833. The Morgan fingerprint density at radius 2 is 1.38 bits per heavy atom. The third-order valence-corrected chi connectivity index (χ3v) is 4.38. The van der Waals surface area contributed by atoms with E-state index in [9.17, 15) is 0 Å². The molecule has 0 aliphatic heterocycles. The molecule has 0 aromatic heterocycles. The number of halogens is 1. The van der Waals surface area contributed by atoms with Gasteiger partial charge < -0.3 is 0 Å². The highest BCUT2D eigenvalue weighted by Gasteiger charge is 2.08. The van der Waals surface area contributed by atoms with Crippen LogP contribution in [0.2, 0.25) is 25.7 Å². The maximum absolute atomic E-state index is 5.63. The summed E-state index contributed by atoms with van der Waals surface area (Å²) in [6.45, 7) is 7.27. The van der Waals surface area contributed by atoms with Gasteiger partial charge in [-0.05, 0) is 25.3 Å². The Hall–Kier alpha value is 0.247. The third-order valence-electron chi connectivity index (χ3n) is 2.65. The topological polar surface area (TPSA) is 0 Å². The Kier molecular flexibility index (Phi) is 10.6. The largest absolute Gasteiger partial charge is 0.127 e. The van der Waals surface area contributed by atoms with E-state index in [1.807, 2.05) is 0 Å². The van der Waals surface area contributed by atoms with E-state index in [0.29, 0.717) is 0 Å². The van der Waals surface area contributed by atoms with Crippen LogP contribution in [0.4, 0.5) is 0 Å². The number of unbranched alkanes of at least 4 members (excludes halogenated alkanes) is 6. The number of hydrogen-bond acceptors (Lipinski definition) is 0. The van der Waals surface area contributed by atoms with E-state index in [1.54, 1.807) is 0 Å². The lowest BCUT2D eigenvalue weighted by atomic mass is 10.1. The van der Waals surface area contributed by atoms with Gasteiger partial charge in [0.25, 0.3) is 0 Å². The molecule has 0 saturated heterocycles. The molecule has 0 N–H and O–H groups in total. The van der Waals surface area contributed by atoms with E-state index in [2.05, 4.69) is 31.8 Å². The van der Waals surface area contributed by atoms with E-state index in [-0.39, 0.29) is 0 Å². The van der Waals surface area contributed by atoms with Crippen LogP contribution in [-0.2, 0) is 0 Å². The van der Waals surface area contributed by atoms with Gasteiger partial charge in [-0.1, -0.05) is 57.5 Å². The van der Waals surface area contributed by atoms with Crippen molar-refractivity contribution in [3.63, 3.8) is 0 Å². The van der Waals surface area contributed by atoms with Crippen LogP contribution in [0.25, 0.3) is 0 Å². The van der Waals surface area contributed by atoms with Gasteiger partial charge in [-0.15, -0.1) is 11.6 Å². The molecule has 0 aromatic rings. The third kappa shape index (κ3) is 14.2. The van der Waals surface area contributed by atoms with Gasteiger partial charge in [0, 0.05) is 14.0 Å². The zero-order chi connectivity index (χ0) is 12.3. The van der Waals surface area contributed by atoms with Crippen LogP contribution in [0, 0.1) is 0 Å². The molecule has 0 amide bonds. The van der Waals surface area contributed by atoms with Crippen LogP contribution in [0.15, 0.2) is 12.2 Å². The van der Waals surface area contributed by atoms with Gasteiger partial charge in [-0.2, -0.15) is 0 Å². The molecule has 0 unspecified atom stereocenters. The summed E-state index contributed by atoms with van der Waals surface area (Å²) in [5.41, 5.74) is 0. The average molecular weight is 261 g/mol. The summed E-state index contributed by atoms with van der Waals surface area (Å²) in [5, 5.41) is 0. The molecule has 0 bridgehead atoms. The standard InChI is InChI=1S/C14H29ClSi/c1-16(2,3)14-12-10-8-6-4-5-7-9-11-13-15/h10,12H,4-9,11,13-14H2,1-3H3/b12-10+. The fraction of sp³-hybridized carbons (Fsp3) is 0.857.